The molecule has 1 atom stereocenters. The van der Waals surface area contributed by atoms with Crippen molar-refractivity contribution in [3.63, 3.8) is 0 Å². The zero-order chi connectivity index (χ0) is 12.9. The fourth-order valence-corrected chi connectivity index (χ4v) is 2.70. The number of nitrogens with zero attached hydrogens (tertiary/aromatic N) is 1. The minimum atomic E-state index is 0.457. The van der Waals surface area contributed by atoms with Crippen molar-refractivity contribution in [2.24, 2.45) is 0 Å². The van der Waals surface area contributed by atoms with E-state index in [0.717, 1.165) is 26.2 Å². The van der Waals surface area contributed by atoms with E-state index in [9.17, 15) is 0 Å². The van der Waals surface area contributed by atoms with Gasteiger partial charge in [-0.25, -0.2) is 0 Å². The smallest absolute Gasteiger partial charge is 0.0449 e. The molecule has 1 saturated heterocycles. The molecule has 1 fully saturated rings. The van der Waals surface area contributed by atoms with Gasteiger partial charge < -0.3 is 5.32 Å². The Labute approximate surface area is 115 Å². The van der Waals surface area contributed by atoms with E-state index in [1.54, 1.807) is 0 Å². The maximum Gasteiger partial charge on any atom is 0.0449 e. The quantitative estimate of drug-likeness (QED) is 0.903. The molecule has 2 heteroatoms. The molecule has 0 saturated carbocycles. The molecular weight excluding hydrogens is 232 g/mol. The third-order valence-corrected chi connectivity index (χ3v) is 3.71. The van der Waals surface area contributed by atoms with Crippen LogP contribution in [0, 0.1) is 0 Å². The van der Waals surface area contributed by atoms with Gasteiger partial charge in [0.1, 0.15) is 0 Å². The number of piperazine rings is 1. The van der Waals surface area contributed by atoms with Gasteiger partial charge in [-0.1, -0.05) is 60.7 Å². The van der Waals surface area contributed by atoms with Crippen molar-refractivity contribution in [1.29, 1.82) is 0 Å². The molecule has 98 valence electrons. The van der Waals surface area contributed by atoms with Gasteiger partial charge in [-0.2, -0.15) is 0 Å². The summed E-state index contributed by atoms with van der Waals surface area (Å²) in [5.74, 6) is 0. The molecule has 1 aliphatic heterocycles. The van der Waals surface area contributed by atoms with Gasteiger partial charge >= 0.3 is 0 Å². The molecule has 2 aromatic carbocycles. The van der Waals surface area contributed by atoms with Crippen LogP contribution < -0.4 is 5.32 Å². The lowest BCUT2D eigenvalue weighted by Crippen LogP contribution is -2.45. The van der Waals surface area contributed by atoms with Crippen LogP contribution >= 0.6 is 0 Å². The number of hydrogen-bond donors (Lipinski definition) is 1. The lowest BCUT2D eigenvalue weighted by atomic mass is 10.0. The van der Waals surface area contributed by atoms with Crippen molar-refractivity contribution in [2.75, 3.05) is 19.6 Å². The van der Waals surface area contributed by atoms with Crippen LogP contribution in [0.3, 0.4) is 0 Å². The van der Waals surface area contributed by atoms with Crippen molar-refractivity contribution in [1.82, 2.24) is 10.2 Å². The molecule has 0 radical (unpaired) electrons. The first-order valence-electron chi connectivity index (χ1n) is 6.96. The topological polar surface area (TPSA) is 15.3 Å². The molecule has 0 aromatic heterocycles. The first kappa shape index (κ1) is 12.4. The largest absolute Gasteiger partial charge is 0.308 e. The zero-order valence-corrected chi connectivity index (χ0v) is 11.1. The number of hydrogen-bond acceptors (Lipinski definition) is 2. The highest BCUT2D eigenvalue weighted by Crippen LogP contribution is 2.18. The van der Waals surface area contributed by atoms with Gasteiger partial charge in [0.05, 0.1) is 0 Å². The van der Waals surface area contributed by atoms with Crippen molar-refractivity contribution in [3.05, 3.63) is 71.8 Å². The standard InChI is InChI=1S/C17H20N2/c1-3-7-15(8-4-1)13-19-12-11-18-17(14-19)16-9-5-2-6-10-16/h1-10,17-18H,11-14H2/t17-/m0/s1. The molecule has 1 N–H and O–H groups in total. The first-order chi connectivity index (χ1) is 9.42. The number of rotatable bonds is 3. The highest BCUT2D eigenvalue weighted by Gasteiger charge is 2.20. The van der Waals surface area contributed by atoms with E-state index < -0.39 is 0 Å². The Morgan fingerprint density at radius 3 is 2.37 bits per heavy atom. The third kappa shape index (κ3) is 3.22. The number of benzene rings is 2. The third-order valence-electron chi connectivity index (χ3n) is 3.71. The molecule has 0 aliphatic carbocycles. The van der Waals surface area contributed by atoms with Gasteiger partial charge in [0.25, 0.3) is 0 Å². The van der Waals surface area contributed by atoms with Crippen molar-refractivity contribution >= 4 is 0 Å². The van der Waals surface area contributed by atoms with Crippen LogP contribution in [0.1, 0.15) is 17.2 Å². The Balaban J connectivity index is 1.65. The van der Waals surface area contributed by atoms with E-state index in [0.29, 0.717) is 6.04 Å². The van der Waals surface area contributed by atoms with Crippen LogP contribution in [0.5, 0.6) is 0 Å². The van der Waals surface area contributed by atoms with Crippen LogP contribution in [0.15, 0.2) is 60.7 Å². The second kappa shape index (κ2) is 6.00. The van der Waals surface area contributed by atoms with Crippen molar-refractivity contribution < 1.29 is 0 Å². The molecule has 0 bridgehead atoms. The van der Waals surface area contributed by atoms with E-state index in [1.165, 1.54) is 11.1 Å². The highest BCUT2D eigenvalue weighted by molar-refractivity contribution is 5.20. The molecule has 1 aliphatic rings. The van der Waals surface area contributed by atoms with Crippen LogP contribution in [0.2, 0.25) is 0 Å². The average Bonchev–Trinajstić information content (AvgIpc) is 2.49. The molecule has 19 heavy (non-hydrogen) atoms. The SMILES string of the molecule is c1ccc(CN2CCN[C@H](c3ccccc3)C2)cc1. The second-order valence-corrected chi connectivity index (χ2v) is 5.14. The van der Waals surface area contributed by atoms with Crippen molar-refractivity contribution in [3.8, 4) is 0 Å². The fraction of sp³-hybridized carbons (Fsp3) is 0.294. The summed E-state index contributed by atoms with van der Waals surface area (Å²) in [5.41, 5.74) is 2.79. The average molecular weight is 252 g/mol. The van der Waals surface area contributed by atoms with E-state index in [4.69, 9.17) is 0 Å². The predicted octanol–water partition coefficient (Wildman–Crippen LogP) is 2.83. The van der Waals surface area contributed by atoms with Gasteiger partial charge in [0.15, 0.2) is 0 Å². The van der Waals surface area contributed by atoms with Crippen molar-refractivity contribution in [2.45, 2.75) is 12.6 Å². The molecule has 2 nitrogen and oxygen atoms in total. The Morgan fingerprint density at radius 2 is 1.63 bits per heavy atom. The van der Waals surface area contributed by atoms with E-state index in [-0.39, 0.29) is 0 Å². The Bertz CT molecular complexity index is 495. The molecular formula is C17H20N2. The number of nitrogens with one attached hydrogen (secondary N) is 1. The van der Waals surface area contributed by atoms with Gasteiger partial charge in [0.2, 0.25) is 0 Å². The molecule has 0 unspecified atom stereocenters. The molecule has 0 amide bonds. The Hall–Kier alpha value is -1.64. The predicted molar refractivity (Wildman–Crippen MR) is 78.9 cm³/mol. The lowest BCUT2D eigenvalue weighted by Gasteiger charge is -2.34. The van der Waals surface area contributed by atoms with Crippen LogP contribution in [-0.4, -0.2) is 24.5 Å². The maximum atomic E-state index is 3.61. The lowest BCUT2D eigenvalue weighted by molar-refractivity contribution is 0.193. The summed E-state index contributed by atoms with van der Waals surface area (Å²) in [6.45, 7) is 4.31. The monoisotopic (exact) mass is 252 g/mol. The first-order valence-corrected chi connectivity index (χ1v) is 6.96. The second-order valence-electron chi connectivity index (χ2n) is 5.14. The summed E-state index contributed by atoms with van der Waals surface area (Å²) in [5, 5.41) is 3.61. The van der Waals surface area contributed by atoms with Crippen LogP contribution in [0.25, 0.3) is 0 Å². The molecule has 1 heterocycles. The fourth-order valence-electron chi connectivity index (χ4n) is 2.70. The van der Waals surface area contributed by atoms with E-state index >= 15 is 0 Å². The van der Waals surface area contributed by atoms with Crippen LogP contribution in [-0.2, 0) is 6.54 Å². The van der Waals surface area contributed by atoms with Crippen LogP contribution in [0.4, 0.5) is 0 Å². The summed E-state index contributed by atoms with van der Waals surface area (Å²) < 4.78 is 0. The summed E-state index contributed by atoms with van der Waals surface area (Å²) in [6, 6.07) is 21.9. The summed E-state index contributed by atoms with van der Waals surface area (Å²) in [6.07, 6.45) is 0. The summed E-state index contributed by atoms with van der Waals surface area (Å²) >= 11 is 0. The Morgan fingerprint density at radius 1 is 0.947 bits per heavy atom. The van der Waals surface area contributed by atoms with E-state index in [2.05, 4.69) is 70.9 Å². The maximum absolute atomic E-state index is 3.61. The van der Waals surface area contributed by atoms with Gasteiger partial charge in [-0.15, -0.1) is 0 Å². The van der Waals surface area contributed by atoms with Gasteiger partial charge in [-0.3, -0.25) is 4.90 Å². The van der Waals surface area contributed by atoms with Gasteiger partial charge in [-0.05, 0) is 11.1 Å². The minimum Gasteiger partial charge on any atom is -0.308 e. The van der Waals surface area contributed by atoms with E-state index in [1.807, 2.05) is 0 Å². The molecule has 3 rings (SSSR count). The zero-order valence-electron chi connectivity index (χ0n) is 11.1. The summed E-state index contributed by atoms with van der Waals surface area (Å²) in [4.78, 5) is 2.53. The minimum absolute atomic E-state index is 0.457. The molecule has 2 aromatic rings. The molecule has 0 spiro atoms. The summed E-state index contributed by atoms with van der Waals surface area (Å²) in [7, 11) is 0. The Kier molecular flexibility index (Phi) is 3.92. The highest BCUT2D eigenvalue weighted by atomic mass is 15.2. The normalized spacial score (nSPS) is 20.3. The van der Waals surface area contributed by atoms with Gasteiger partial charge in [0, 0.05) is 32.2 Å².